The summed E-state index contributed by atoms with van der Waals surface area (Å²) in [4.78, 5) is 12.5. The SMILES string of the molecule is CC(O)(CO)CNC(=O)c1cc2cc(N)ccc2s1. The highest BCUT2D eigenvalue weighted by molar-refractivity contribution is 7.20. The molecule has 0 aliphatic heterocycles. The molecule has 5 nitrogen and oxygen atoms in total. The summed E-state index contributed by atoms with van der Waals surface area (Å²) in [5.74, 6) is -0.270. The van der Waals surface area contributed by atoms with Crippen LogP contribution in [0.4, 0.5) is 5.69 Å². The standard InChI is InChI=1S/C13H16N2O3S/c1-13(18,7-16)6-15-12(17)11-5-8-4-9(14)2-3-10(8)19-11/h2-5,16,18H,6-7,14H2,1H3,(H,15,17). The molecule has 5 N–H and O–H groups in total. The van der Waals surface area contributed by atoms with E-state index < -0.39 is 12.2 Å². The van der Waals surface area contributed by atoms with Gasteiger partial charge in [-0.2, -0.15) is 0 Å². The second-order valence-corrected chi connectivity index (χ2v) is 5.83. The van der Waals surface area contributed by atoms with Crippen molar-refractivity contribution in [1.29, 1.82) is 0 Å². The summed E-state index contributed by atoms with van der Waals surface area (Å²) in [6, 6.07) is 7.24. The number of aliphatic hydroxyl groups is 2. The third-order valence-corrected chi connectivity index (χ3v) is 3.85. The zero-order chi connectivity index (χ0) is 14.0. The maximum absolute atomic E-state index is 11.9. The molecular weight excluding hydrogens is 264 g/mol. The number of nitrogen functional groups attached to an aromatic ring is 1. The summed E-state index contributed by atoms with van der Waals surface area (Å²) in [5.41, 5.74) is 5.03. The fourth-order valence-corrected chi connectivity index (χ4v) is 2.55. The molecule has 0 radical (unpaired) electrons. The van der Waals surface area contributed by atoms with Gasteiger partial charge in [0.05, 0.1) is 11.5 Å². The van der Waals surface area contributed by atoms with E-state index in [-0.39, 0.29) is 12.5 Å². The van der Waals surface area contributed by atoms with Crippen molar-refractivity contribution in [2.75, 3.05) is 18.9 Å². The Bertz CT molecular complexity index is 607. The first-order chi connectivity index (χ1) is 8.91. The Morgan fingerprint density at radius 2 is 2.21 bits per heavy atom. The predicted molar refractivity (Wildman–Crippen MR) is 76.3 cm³/mol. The van der Waals surface area contributed by atoms with Gasteiger partial charge in [-0.1, -0.05) is 0 Å². The maximum Gasteiger partial charge on any atom is 0.261 e. The van der Waals surface area contributed by atoms with Crippen LogP contribution in [0.15, 0.2) is 24.3 Å². The van der Waals surface area contributed by atoms with Gasteiger partial charge in [-0.25, -0.2) is 0 Å². The van der Waals surface area contributed by atoms with Crippen molar-refractivity contribution in [2.24, 2.45) is 0 Å². The van der Waals surface area contributed by atoms with Gasteiger partial charge in [0.1, 0.15) is 5.60 Å². The van der Waals surface area contributed by atoms with E-state index in [4.69, 9.17) is 10.8 Å². The number of amides is 1. The van der Waals surface area contributed by atoms with Gasteiger partial charge in [-0.3, -0.25) is 4.79 Å². The van der Waals surface area contributed by atoms with Crippen LogP contribution in [-0.2, 0) is 0 Å². The summed E-state index contributed by atoms with van der Waals surface area (Å²) in [6.07, 6.45) is 0. The van der Waals surface area contributed by atoms with Gasteiger partial charge < -0.3 is 21.3 Å². The molecule has 0 fully saturated rings. The molecule has 0 saturated carbocycles. The summed E-state index contributed by atoms with van der Waals surface area (Å²) in [6.45, 7) is 1.05. The van der Waals surface area contributed by atoms with E-state index in [1.807, 2.05) is 12.1 Å². The molecule has 0 aliphatic rings. The molecule has 2 aromatic rings. The third-order valence-electron chi connectivity index (χ3n) is 2.73. The minimum atomic E-state index is -1.31. The van der Waals surface area contributed by atoms with E-state index in [0.717, 1.165) is 10.1 Å². The topological polar surface area (TPSA) is 95.6 Å². The first-order valence-electron chi connectivity index (χ1n) is 5.82. The van der Waals surface area contributed by atoms with Crippen LogP contribution in [0.25, 0.3) is 10.1 Å². The molecule has 0 spiro atoms. The minimum absolute atomic E-state index is 0.00127. The lowest BCUT2D eigenvalue weighted by atomic mass is 10.1. The maximum atomic E-state index is 11.9. The Kier molecular flexibility index (Phi) is 3.75. The van der Waals surface area contributed by atoms with Crippen LogP contribution < -0.4 is 11.1 Å². The fourth-order valence-electron chi connectivity index (χ4n) is 1.59. The van der Waals surface area contributed by atoms with Gasteiger partial charge in [0.25, 0.3) is 5.91 Å². The van der Waals surface area contributed by atoms with Gasteiger partial charge in [0.15, 0.2) is 0 Å². The van der Waals surface area contributed by atoms with Crippen LogP contribution in [0, 0.1) is 0 Å². The number of benzene rings is 1. The van der Waals surface area contributed by atoms with E-state index in [1.165, 1.54) is 18.3 Å². The predicted octanol–water partition coefficient (Wildman–Crippen LogP) is 0.957. The highest BCUT2D eigenvalue weighted by atomic mass is 32.1. The molecule has 1 heterocycles. The van der Waals surface area contributed by atoms with Crippen molar-refractivity contribution < 1.29 is 15.0 Å². The molecule has 1 unspecified atom stereocenters. The van der Waals surface area contributed by atoms with Gasteiger partial charge >= 0.3 is 0 Å². The Balaban J connectivity index is 2.13. The largest absolute Gasteiger partial charge is 0.399 e. The van der Waals surface area contributed by atoms with Gasteiger partial charge in [0, 0.05) is 16.9 Å². The minimum Gasteiger partial charge on any atom is -0.399 e. The van der Waals surface area contributed by atoms with E-state index in [1.54, 1.807) is 12.1 Å². The first kappa shape index (κ1) is 13.8. The Hall–Kier alpha value is -1.63. The lowest BCUT2D eigenvalue weighted by molar-refractivity contribution is 0.00323. The van der Waals surface area contributed by atoms with Crippen LogP contribution >= 0.6 is 11.3 Å². The quantitative estimate of drug-likeness (QED) is 0.627. The number of thiophene rings is 1. The smallest absolute Gasteiger partial charge is 0.261 e. The summed E-state index contributed by atoms with van der Waals surface area (Å²) in [7, 11) is 0. The van der Waals surface area contributed by atoms with Crippen LogP contribution in [0.3, 0.4) is 0 Å². The molecule has 1 amide bonds. The average molecular weight is 280 g/mol. The number of fused-ring (bicyclic) bond motifs is 1. The van der Waals surface area contributed by atoms with Gasteiger partial charge in [-0.05, 0) is 36.6 Å². The molecule has 0 saturated heterocycles. The van der Waals surface area contributed by atoms with Crippen molar-refractivity contribution in [3.05, 3.63) is 29.1 Å². The molecule has 0 aliphatic carbocycles. The number of anilines is 1. The molecule has 1 aromatic carbocycles. The summed E-state index contributed by atoms with van der Waals surface area (Å²) >= 11 is 1.36. The van der Waals surface area contributed by atoms with Crippen molar-refractivity contribution in [2.45, 2.75) is 12.5 Å². The lowest BCUT2D eigenvalue weighted by Crippen LogP contribution is -2.43. The van der Waals surface area contributed by atoms with Gasteiger partial charge in [-0.15, -0.1) is 11.3 Å². The van der Waals surface area contributed by atoms with E-state index in [0.29, 0.717) is 10.6 Å². The normalized spacial score (nSPS) is 14.3. The number of rotatable bonds is 4. The number of nitrogens with two attached hydrogens (primary N) is 1. The zero-order valence-electron chi connectivity index (χ0n) is 10.5. The Labute approximate surface area is 114 Å². The summed E-state index contributed by atoms with van der Waals surface area (Å²) in [5, 5.41) is 22.0. The zero-order valence-corrected chi connectivity index (χ0v) is 11.3. The lowest BCUT2D eigenvalue weighted by Gasteiger charge is -2.20. The number of nitrogens with one attached hydrogen (secondary N) is 1. The van der Waals surface area contributed by atoms with E-state index in [2.05, 4.69) is 5.32 Å². The Morgan fingerprint density at radius 3 is 2.89 bits per heavy atom. The molecule has 19 heavy (non-hydrogen) atoms. The van der Waals surface area contributed by atoms with Crippen molar-refractivity contribution in [3.63, 3.8) is 0 Å². The number of carbonyl (C=O) groups excluding carboxylic acids is 1. The van der Waals surface area contributed by atoms with Crippen LogP contribution in [0.1, 0.15) is 16.6 Å². The molecule has 1 aromatic heterocycles. The van der Waals surface area contributed by atoms with Crippen LogP contribution in [0.2, 0.25) is 0 Å². The van der Waals surface area contributed by atoms with Crippen LogP contribution in [0.5, 0.6) is 0 Å². The molecular formula is C13H16N2O3S. The van der Waals surface area contributed by atoms with E-state index >= 15 is 0 Å². The second kappa shape index (κ2) is 5.16. The number of hydrogen-bond donors (Lipinski definition) is 4. The number of carbonyl (C=O) groups is 1. The first-order valence-corrected chi connectivity index (χ1v) is 6.63. The second-order valence-electron chi connectivity index (χ2n) is 4.75. The average Bonchev–Trinajstić information content (AvgIpc) is 2.79. The molecule has 102 valence electrons. The van der Waals surface area contributed by atoms with Gasteiger partial charge in [0.2, 0.25) is 0 Å². The van der Waals surface area contributed by atoms with Crippen molar-refractivity contribution >= 4 is 33.0 Å². The van der Waals surface area contributed by atoms with Crippen molar-refractivity contribution in [3.8, 4) is 0 Å². The Morgan fingerprint density at radius 1 is 1.47 bits per heavy atom. The number of hydrogen-bond acceptors (Lipinski definition) is 5. The van der Waals surface area contributed by atoms with Crippen molar-refractivity contribution in [1.82, 2.24) is 5.32 Å². The molecule has 0 bridgehead atoms. The van der Waals surface area contributed by atoms with Crippen LogP contribution in [-0.4, -0.2) is 34.9 Å². The fraction of sp³-hybridized carbons (Fsp3) is 0.308. The highest BCUT2D eigenvalue weighted by Gasteiger charge is 2.20. The monoisotopic (exact) mass is 280 g/mol. The highest BCUT2D eigenvalue weighted by Crippen LogP contribution is 2.27. The molecule has 2 rings (SSSR count). The summed E-state index contributed by atoms with van der Waals surface area (Å²) < 4.78 is 0.980. The third kappa shape index (κ3) is 3.23. The van der Waals surface area contributed by atoms with E-state index in [9.17, 15) is 9.90 Å². The molecule has 6 heteroatoms. The molecule has 1 atom stereocenters. The number of aliphatic hydroxyl groups excluding tert-OH is 1.